The zero-order valence-corrected chi connectivity index (χ0v) is 9.60. The minimum atomic E-state index is -1.33. The number of esters is 1. The fourth-order valence-corrected chi connectivity index (χ4v) is 0.888. The Labute approximate surface area is 93.8 Å². The second kappa shape index (κ2) is 6.22. The third-order valence-electron chi connectivity index (χ3n) is 2.34. The Kier molecular flexibility index (Phi) is 5.66. The molecule has 0 spiro atoms. The number of ketones is 1. The summed E-state index contributed by atoms with van der Waals surface area (Å²) in [5.41, 5.74) is 5.23. The van der Waals surface area contributed by atoms with Crippen LogP contribution in [0.1, 0.15) is 27.2 Å². The van der Waals surface area contributed by atoms with Crippen molar-refractivity contribution >= 4 is 17.7 Å². The highest BCUT2D eigenvalue weighted by Crippen LogP contribution is 2.06. The molecular weight excluding hydrogens is 214 g/mol. The first-order valence-electron chi connectivity index (χ1n) is 5.04. The van der Waals surface area contributed by atoms with Crippen LogP contribution in [-0.2, 0) is 19.1 Å². The molecule has 3 N–H and O–H groups in total. The second-order valence-corrected chi connectivity index (χ2v) is 3.65. The van der Waals surface area contributed by atoms with Crippen molar-refractivity contribution in [3.05, 3.63) is 0 Å². The zero-order chi connectivity index (χ0) is 12.9. The quantitative estimate of drug-likeness (QED) is 0.490. The van der Waals surface area contributed by atoms with Crippen LogP contribution in [0.15, 0.2) is 0 Å². The van der Waals surface area contributed by atoms with Gasteiger partial charge in [0.2, 0.25) is 5.78 Å². The van der Waals surface area contributed by atoms with E-state index in [1.807, 2.05) is 0 Å². The topological polar surface area (TPSA) is 107 Å². The third-order valence-corrected chi connectivity index (χ3v) is 2.34. The number of carboxylic acid groups (broad SMARTS) is 1. The van der Waals surface area contributed by atoms with E-state index in [1.54, 1.807) is 13.8 Å². The van der Waals surface area contributed by atoms with Gasteiger partial charge in [0.1, 0.15) is 12.1 Å². The van der Waals surface area contributed by atoms with Crippen molar-refractivity contribution in [2.45, 2.75) is 39.3 Å². The summed E-state index contributed by atoms with van der Waals surface area (Å²) >= 11 is 0. The van der Waals surface area contributed by atoms with Gasteiger partial charge >= 0.3 is 11.9 Å². The minimum Gasteiger partial charge on any atom is -0.480 e. The van der Waals surface area contributed by atoms with Gasteiger partial charge in [0.05, 0.1) is 0 Å². The number of carbonyl (C=O) groups is 3. The van der Waals surface area contributed by atoms with Crippen molar-refractivity contribution in [2.24, 2.45) is 11.7 Å². The molecule has 0 aromatic heterocycles. The van der Waals surface area contributed by atoms with Crippen LogP contribution in [0.25, 0.3) is 0 Å². The van der Waals surface area contributed by atoms with Crippen molar-refractivity contribution < 1.29 is 24.2 Å². The molecule has 1 unspecified atom stereocenters. The van der Waals surface area contributed by atoms with Crippen LogP contribution in [0, 0.1) is 5.92 Å². The summed E-state index contributed by atoms with van der Waals surface area (Å²) < 4.78 is 4.66. The Bertz CT molecular complexity index is 289. The summed E-state index contributed by atoms with van der Waals surface area (Å²) in [6.07, 6.45) is -0.508. The molecule has 0 aliphatic rings. The SMILES string of the molecule is CCC(C)C(=O)C(=O)O[C@H](C)[C@H](N)C(=O)O. The van der Waals surface area contributed by atoms with Crippen molar-refractivity contribution in [2.75, 3.05) is 0 Å². The lowest BCUT2D eigenvalue weighted by Gasteiger charge is -2.17. The van der Waals surface area contributed by atoms with E-state index in [9.17, 15) is 14.4 Å². The van der Waals surface area contributed by atoms with Gasteiger partial charge < -0.3 is 15.6 Å². The van der Waals surface area contributed by atoms with Crippen molar-refractivity contribution in [1.29, 1.82) is 0 Å². The van der Waals surface area contributed by atoms with E-state index in [1.165, 1.54) is 6.92 Å². The highest BCUT2D eigenvalue weighted by molar-refractivity contribution is 6.34. The molecule has 0 aliphatic carbocycles. The molecule has 6 nitrogen and oxygen atoms in total. The Hall–Kier alpha value is -1.43. The predicted molar refractivity (Wildman–Crippen MR) is 55.6 cm³/mol. The van der Waals surface area contributed by atoms with Gasteiger partial charge in [-0.2, -0.15) is 0 Å². The van der Waals surface area contributed by atoms with Gasteiger partial charge in [0.25, 0.3) is 0 Å². The first kappa shape index (κ1) is 14.6. The van der Waals surface area contributed by atoms with Crippen LogP contribution >= 0.6 is 0 Å². The lowest BCUT2D eigenvalue weighted by Crippen LogP contribution is -2.43. The summed E-state index contributed by atoms with van der Waals surface area (Å²) in [7, 11) is 0. The highest BCUT2D eigenvalue weighted by Gasteiger charge is 2.28. The van der Waals surface area contributed by atoms with E-state index >= 15 is 0 Å². The number of hydrogen-bond donors (Lipinski definition) is 2. The monoisotopic (exact) mass is 231 g/mol. The third kappa shape index (κ3) is 3.98. The average Bonchev–Trinajstić information content (AvgIpc) is 2.25. The largest absolute Gasteiger partial charge is 0.480 e. The minimum absolute atomic E-state index is 0.430. The van der Waals surface area contributed by atoms with E-state index in [4.69, 9.17) is 10.8 Å². The van der Waals surface area contributed by atoms with Gasteiger partial charge in [-0.25, -0.2) is 4.79 Å². The molecule has 0 amide bonds. The van der Waals surface area contributed by atoms with Gasteiger partial charge in [0, 0.05) is 5.92 Å². The van der Waals surface area contributed by atoms with E-state index in [0.717, 1.165) is 0 Å². The molecule has 0 saturated carbocycles. The Morgan fingerprint density at radius 1 is 1.31 bits per heavy atom. The van der Waals surface area contributed by atoms with Crippen LogP contribution in [-0.4, -0.2) is 35.0 Å². The Balaban J connectivity index is 4.35. The summed E-state index contributed by atoms with van der Waals surface area (Å²) in [5, 5.41) is 8.56. The fraction of sp³-hybridized carbons (Fsp3) is 0.700. The van der Waals surface area contributed by atoms with Gasteiger partial charge in [-0.3, -0.25) is 9.59 Å². The number of carbonyl (C=O) groups excluding carboxylic acids is 2. The molecule has 0 aromatic rings. The number of nitrogens with two attached hydrogens (primary N) is 1. The number of aliphatic carboxylic acids is 1. The molecule has 0 aromatic carbocycles. The van der Waals surface area contributed by atoms with Crippen LogP contribution in [0.5, 0.6) is 0 Å². The number of hydrogen-bond acceptors (Lipinski definition) is 5. The number of ether oxygens (including phenoxy) is 1. The summed E-state index contributed by atoms with van der Waals surface area (Å²) in [5.74, 6) is -3.40. The van der Waals surface area contributed by atoms with Crippen molar-refractivity contribution in [1.82, 2.24) is 0 Å². The van der Waals surface area contributed by atoms with E-state index in [0.29, 0.717) is 6.42 Å². The van der Waals surface area contributed by atoms with Gasteiger partial charge in [0.15, 0.2) is 0 Å². The molecule has 0 aliphatic heterocycles. The van der Waals surface area contributed by atoms with Gasteiger partial charge in [-0.05, 0) is 13.3 Å². The lowest BCUT2D eigenvalue weighted by atomic mass is 10.0. The second-order valence-electron chi connectivity index (χ2n) is 3.65. The maximum absolute atomic E-state index is 11.3. The van der Waals surface area contributed by atoms with Crippen LogP contribution in [0.3, 0.4) is 0 Å². The Morgan fingerprint density at radius 2 is 1.81 bits per heavy atom. The van der Waals surface area contributed by atoms with E-state index in [-0.39, 0.29) is 0 Å². The molecule has 0 rings (SSSR count). The summed E-state index contributed by atoms with van der Waals surface area (Å²) in [4.78, 5) is 33.1. The molecule has 16 heavy (non-hydrogen) atoms. The van der Waals surface area contributed by atoms with E-state index in [2.05, 4.69) is 4.74 Å². The number of rotatable bonds is 6. The van der Waals surface area contributed by atoms with Crippen molar-refractivity contribution in [3.8, 4) is 0 Å². The first-order chi connectivity index (χ1) is 7.31. The highest BCUT2D eigenvalue weighted by atomic mass is 16.5. The van der Waals surface area contributed by atoms with E-state index < -0.39 is 35.8 Å². The predicted octanol–water partition coefficient (Wildman–Crippen LogP) is -0.0548. The Morgan fingerprint density at radius 3 is 2.19 bits per heavy atom. The molecule has 0 radical (unpaired) electrons. The lowest BCUT2D eigenvalue weighted by molar-refractivity contribution is -0.161. The molecule has 0 bridgehead atoms. The van der Waals surface area contributed by atoms with Gasteiger partial charge in [-0.1, -0.05) is 13.8 Å². The molecule has 0 saturated heterocycles. The fourth-order valence-electron chi connectivity index (χ4n) is 0.888. The van der Waals surface area contributed by atoms with Gasteiger partial charge in [-0.15, -0.1) is 0 Å². The molecule has 6 heteroatoms. The number of Topliss-reactive ketones (excluding diaryl/α,β-unsaturated/α-hetero) is 1. The first-order valence-corrected chi connectivity index (χ1v) is 5.04. The normalized spacial score (nSPS) is 16.0. The standard InChI is InChI=1S/C10H17NO5/c1-4-5(2)8(12)10(15)16-6(3)7(11)9(13)14/h5-7H,4,11H2,1-3H3,(H,13,14)/t5?,6-,7+/m1/s1. The molecule has 0 heterocycles. The molecule has 0 fully saturated rings. The smallest absolute Gasteiger partial charge is 0.375 e. The maximum Gasteiger partial charge on any atom is 0.375 e. The van der Waals surface area contributed by atoms with Crippen LogP contribution in [0.2, 0.25) is 0 Å². The summed E-state index contributed by atoms with van der Waals surface area (Å²) in [6, 6.07) is -1.33. The maximum atomic E-state index is 11.3. The summed E-state index contributed by atoms with van der Waals surface area (Å²) in [6.45, 7) is 4.70. The van der Waals surface area contributed by atoms with Crippen LogP contribution < -0.4 is 5.73 Å². The molecule has 3 atom stereocenters. The zero-order valence-electron chi connectivity index (χ0n) is 9.60. The molecular formula is C10H17NO5. The average molecular weight is 231 g/mol. The van der Waals surface area contributed by atoms with Crippen molar-refractivity contribution in [3.63, 3.8) is 0 Å². The van der Waals surface area contributed by atoms with Crippen LogP contribution in [0.4, 0.5) is 0 Å². The number of carboxylic acids is 1. The molecule has 92 valence electrons.